The Bertz CT molecular complexity index is 1010. The van der Waals surface area contributed by atoms with Gasteiger partial charge in [0.05, 0.1) is 6.21 Å². The number of ether oxygens (including phenoxy) is 2. The first kappa shape index (κ1) is 20.3. The van der Waals surface area contributed by atoms with Crippen LogP contribution in [0.2, 0.25) is 0 Å². The molecular formula is C22H20N2O4S. The molecule has 0 bridgehead atoms. The minimum atomic E-state index is -0.411. The molecule has 29 heavy (non-hydrogen) atoms. The lowest BCUT2D eigenvalue weighted by Gasteiger charge is -2.10. The number of aryl methyl sites for hydroxylation is 2. The van der Waals surface area contributed by atoms with E-state index >= 15 is 0 Å². The molecule has 1 heterocycles. The first-order chi connectivity index (χ1) is 14.0. The van der Waals surface area contributed by atoms with Crippen LogP contribution in [-0.2, 0) is 4.79 Å². The van der Waals surface area contributed by atoms with E-state index in [4.69, 9.17) is 9.47 Å². The van der Waals surface area contributed by atoms with Crippen molar-refractivity contribution in [2.24, 2.45) is 5.10 Å². The van der Waals surface area contributed by atoms with E-state index in [1.165, 1.54) is 17.6 Å². The molecule has 6 nitrogen and oxygen atoms in total. The Hall–Kier alpha value is -3.45. The first-order valence-electron chi connectivity index (χ1n) is 8.89. The van der Waals surface area contributed by atoms with Gasteiger partial charge in [0, 0.05) is 0 Å². The lowest BCUT2D eigenvalue weighted by Crippen LogP contribution is -2.25. The third kappa shape index (κ3) is 5.76. The summed E-state index contributed by atoms with van der Waals surface area (Å²) in [5, 5.41) is 5.74. The Balaban J connectivity index is 1.52. The van der Waals surface area contributed by atoms with E-state index in [1.807, 2.05) is 37.4 Å². The predicted octanol–water partition coefficient (Wildman–Crippen LogP) is 4.11. The van der Waals surface area contributed by atoms with Gasteiger partial charge in [0.1, 0.15) is 16.4 Å². The highest BCUT2D eigenvalue weighted by Gasteiger charge is 2.09. The molecule has 0 spiro atoms. The topological polar surface area (TPSA) is 77.0 Å². The standard InChI is InChI=1S/C22H20N2O4S/c1-15-6-3-7-16(2)21(15)27-14-20(25)24-23-13-17-8-4-9-18(12-17)28-22(26)19-10-5-11-29-19/h3-13H,14H2,1-2H3,(H,24,25)/b23-13+. The monoisotopic (exact) mass is 408 g/mol. The summed E-state index contributed by atoms with van der Waals surface area (Å²) in [6, 6.07) is 16.1. The van der Waals surface area contributed by atoms with Crippen molar-refractivity contribution in [2.75, 3.05) is 6.61 Å². The summed E-state index contributed by atoms with van der Waals surface area (Å²) in [6.07, 6.45) is 1.47. The van der Waals surface area contributed by atoms with E-state index in [0.29, 0.717) is 21.9 Å². The molecule has 0 saturated carbocycles. The molecule has 148 valence electrons. The molecule has 0 saturated heterocycles. The fraction of sp³-hybridized carbons (Fsp3) is 0.136. The summed E-state index contributed by atoms with van der Waals surface area (Å²) < 4.78 is 10.9. The van der Waals surface area contributed by atoms with Gasteiger partial charge in [-0.15, -0.1) is 11.3 Å². The number of hydrogen-bond donors (Lipinski definition) is 1. The lowest BCUT2D eigenvalue weighted by molar-refractivity contribution is -0.123. The molecule has 0 unspecified atom stereocenters. The van der Waals surface area contributed by atoms with Crippen LogP contribution in [0.3, 0.4) is 0 Å². The third-order valence-corrected chi connectivity index (χ3v) is 4.80. The van der Waals surface area contributed by atoms with Crippen molar-refractivity contribution >= 4 is 29.4 Å². The second-order valence-corrected chi connectivity index (χ2v) is 7.19. The highest BCUT2D eigenvalue weighted by Crippen LogP contribution is 2.22. The molecule has 0 aliphatic carbocycles. The van der Waals surface area contributed by atoms with Crippen molar-refractivity contribution in [1.29, 1.82) is 0 Å². The largest absolute Gasteiger partial charge is 0.483 e. The molecule has 0 aliphatic rings. The van der Waals surface area contributed by atoms with E-state index < -0.39 is 5.97 Å². The molecule has 7 heteroatoms. The van der Waals surface area contributed by atoms with Gasteiger partial charge in [-0.2, -0.15) is 5.10 Å². The molecule has 0 atom stereocenters. The highest BCUT2D eigenvalue weighted by atomic mass is 32.1. The van der Waals surface area contributed by atoms with Gasteiger partial charge in [-0.3, -0.25) is 4.79 Å². The van der Waals surface area contributed by atoms with Crippen LogP contribution in [-0.4, -0.2) is 24.7 Å². The van der Waals surface area contributed by atoms with Crippen molar-refractivity contribution in [2.45, 2.75) is 13.8 Å². The summed E-state index contributed by atoms with van der Waals surface area (Å²) >= 11 is 1.32. The van der Waals surface area contributed by atoms with E-state index in [0.717, 1.165) is 11.1 Å². The second-order valence-electron chi connectivity index (χ2n) is 6.24. The summed E-state index contributed by atoms with van der Waals surface area (Å²) in [5.74, 6) is 0.319. The van der Waals surface area contributed by atoms with Crippen LogP contribution in [0.1, 0.15) is 26.4 Å². The van der Waals surface area contributed by atoms with Crippen molar-refractivity contribution in [3.05, 3.63) is 81.5 Å². The summed E-state index contributed by atoms with van der Waals surface area (Å²) in [5.41, 5.74) is 5.04. The van der Waals surface area contributed by atoms with Crippen molar-refractivity contribution in [3.63, 3.8) is 0 Å². The Morgan fingerprint density at radius 3 is 2.55 bits per heavy atom. The van der Waals surface area contributed by atoms with Gasteiger partial charge in [-0.25, -0.2) is 10.2 Å². The average molecular weight is 408 g/mol. The van der Waals surface area contributed by atoms with Crippen molar-refractivity contribution in [1.82, 2.24) is 5.43 Å². The van der Waals surface area contributed by atoms with E-state index in [9.17, 15) is 9.59 Å². The number of hydrogen-bond acceptors (Lipinski definition) is 6. The van der Waals surface area contributed by atoms with E-state index in [-0.39, 0.29) is 12.5 Å². The Morgan fingerprint density at radius 1 is 1.07 bits per heavy atom. The van der Waals surface area contributed by atoms with Crippen LogP contribution < -0.4 is 14.9 Å². The number of nitrogens with one attached hydrogen (secondary N) is 1. The number of rotatable bonds is 7. The Morgan fingerprint density at radius 2 is 1.83 bits per heavy atom. The third-order valence-electron chi connectivity index (χ3n) is 3.95. The number of benzene rings is 2. The number of carbonyl (C=O) groups excluding carboxylic acids is 2. The molecular weight excluding hydrogens is 388 g/mol. The summed E-state index contributed by atoms with van der Waals surface area (Å²) in [6.45, 7) is 3.72. The number of hydrazone groups is 1. The Kier molecular flexibility index (Phi) is 6.76. The van der Waals surface area contributed by atoms with Gasteiger partial charge in [0.15, 0.2) is 6.61 Å². The zero-order chi connectivity index (χ0) is 20.6. The maximum Gasteiger partial charge on any atom is 0.353 e. The summed E-state index contributed by atoms with van der Waals surface area (Å²) in [7, 11) is 0. The van der Waals surface area contributed by atoms with Gasteiger partial charge in [-0.1, -0.05) is 36.4 Å². The maximum atomic E-state index is 12.0. The molecule has 1 amide bonds. The van der Waals surface area contributed by atoms with Crippen LogP contribution in [0, 0.1) is 13.8 Å². The van der Waals surface area contributed by atoms with E-state index in [1.54, 1.807) is 36.4 Å². The van der Waals surface area contributed by atoms with Crippen LogP contribution in [0.15, 0.2) is 65.1 Å². The van der Waals surface area contributed by atoms with Gasteiger partial charge in [0.2, 0.25) is 0 Å². The van der Waals surface area contributed by atoms with Gasteiger partial charge in [-0.05, 0) is 54.1 Å². The van der Waals surface area contributed by atoms with Crippen LogP contribution in [0.4, 0.5) is 0 Å². The zero-order valence-electron chi connectivity index (χ0n) is 16.0. The Labute approximate surface area is 172 Å². The number of carbonyl (C=O) groups is 2. The molecule has 3 rings (SSSR count). The van der Waals surface area contributed by atoms with Gasteiger partial charge in [0.25, 0.3) is 5.91 Å². The molecule has 0 aliphatic heterocycles. The van der Waals surface area contributed by atoms with Gasteiger partial charge < -0.3 is 9.47 Å². The molecule has 0 radical (unpaired) electrons. The fourth-order valence-corrected chi connectivity index (χ4v) is 3.18. The molecule has 1 aromatic heterocycles. The fourth-order valence-electron chi connectivity index (χ4n) is 2.59. The van der Waals surface area contributed by atoms with Crippen molar-refractivity contribution < 1.29 is 19.1 Å². The first-order valence-corrected chi connectivity index (χ1v) is 9.77. The number of esters is 1. The molecule has 1 N–H and O–H groups in total. The smallest absolute Gasteiger partial charge is 0.353 e. The van der Waals surface area contributed by atoms with E-state index in [2.05, 4.69) is 10.5 Å². The quantitative estimate of drug-likeness (QED) is 0.276. The number of para-hydroxylation sites is 1. The predicted molar refractivity (Wildman–Crippen MR) is 113 cm³/mol. The molecule has 0 fully saturated rings. The van der Waals surface area contributed by atoms with Crippen LogP contribution >= 0.6 is 11.3 Å². The number of nitrogens with zero attached hydrogens (tertiary/aromatic N) is 1. The highest BCUT2D eigenvalue weighted by molar-refractivity contribution is 7.12. The van der Waals surface area contributed by atoms with Crippen LogP contribution in [0.25, 0.3) is 0 Å². The SMILES string of the molecule is Cc1cccc(C)c1OCC(=O)N/N=C/c1cccc(OC(=O)c2cccs2)c1. The minimum absolute atomic E-state index is 0.137. The zero-order valence-corrected chi connectivity index (χ0v) is 16.9. The molecule has 3 aromatic rings. The van der Waals surface area contributed by atoms with Crippen molar-refractivity contribution in [3.8, 4) is 11.5 Å². The minimum Gasteiger partial charge on any atom is -0.483 e. The normalized spacial score (nSPS) is 10.7. The van der Waals surface area contributed by atoms with Gasteiger partial charge >= 0.3 is 5.97 Å². The maximum absolute atomic E-state index is 12.0. The number of amides is 1. The van der Waals surface area contributed by atoms with Crippen LogP contribution in [0.5, 0.6) is 11.5 Å². The lowest BCUT2D eigenvalue weighted by atomic mass is 10.1. The second kappa shape index (κ2) is 9.66. The average Bonchev–Trinajstić information content (AvgIpc) is 3.23. The number of thiophene rings is 1. The molecule has 2 aromatic carbocycles. The summed E-state index contributed by atoms with van der Waals surface area (Å²) in [4.78, 5) is 24.5.